The van der Waals surface area contributed by atoms with Crippen LogP contribution in [-0.4, -0.2) is 91.2 Å². The number of allylic oxidation sites excluding steroid dienone is 1. The van der Waals surface area contributed by atoms with Crippen LogP contribution in [0, 0.1) is 0 Å². The molecule has 3 aromatic rings. The highest BCUT2D eigenvalue weighted by Gasteiger charge is 2.53. The molecule has 232 valence electrons. The molecule has 0 spiro atoms. The lowest BCUT2D eigenvalue weighted by Crippen LogP contribution is -2.70. The Bertz CT molecular complexity index is 1780. The second-order valence-corrected chi connectivity index (χ2v) is 12.5. The number of carboxylic acid groups (broad SMARTS) is 1. The van der Waals surface area contributed by atoms with Gasteiger partial charge in [0.25, 0.3) is 11.8 Å². The number of amides is 2. The Hall–Kier alpha value is -4.26. The standard InChI is InChI=1S/C25H26ClN9O7S2/c1-11(23(39)40)42-32-17(16-19(26)44-24(27)31-16)20(37)30-18-21(38)35-15(9-36)12(10-43-22(18)35)7-33-5-3-14-13(8-33)29-25(41)34(14)6-4-28-2/h3,5,8-9,11,18,22,28H,4,6-7,10H2,1-2H3,(H4-,27,29,30,31,37,39,40,41)/p+1/b32-17-/t11-,18?,22?/m0/s1. The Morgan fingerprint density at radius 3 is 2.86 bits per heavy atom. The van der Waals surface area contributed by atoms with E-state index in [0.717, 1.165) is 16.9 Å². The van der Waals surface area contributed by atoms with Crippen molar-refractivity contribution >= 4 is 80.6 Å². The second kappa shape index (κ2) is 12.8. The lowest BCUT2D eigenvalue weighted by atomic mass is 10.0. The minimum atomic E-state index is -1.39. The number of β-lactam (4-membered cyclic amide) rings is 1. The molecule has 3 aromatic heterocycles. The summed E-state index contributed by atoms with van der Waals surface area (Å²) in [4.78, 5) is 75.3. The van der Waals surface area contributed by atoms with Crippen LogP contribution in [0.5, 0.6) is 0 Å². The van der Waals surface area contributed by atoms with Crippen LogP contribution in [0.4, 0.5) is 5.13 Å². The zero-order valence-corrected chi connectivity index (χ0v) is 25.7. The topological polar surface area (TPSA) is 218 Å². The van der Waals surface area contributed by atoms with Crippen LogP contribution in [0.25, 0.3) is 11.0 Å². The van der Waals surface area contributed by atoms with Gasteiger partial charge in [-0.1, -0.05) is 28.1 Å². The quantitative estimate of drug-likeness (QED) is 0.0535. The van der Waals surface area contributed by atoms with Crippen molar-refractivity contribution in [2.75, 3.05) is 25.1 Å². The molecule has 2 aliphatic heterocycles. The number of carbonyl (C=O) groups is 4. The van der Waals surface area contributed by atoms with Crippen LogP contribution in [-0.2, 0) is 37.1 Å². The van der Waals surface area contributed by atoms with E-state index in [9.17, 15) is 24.0 Å². The van der Waals surface area contributed by atoms with E-state index in [-0.39, 0.29) is 33.1 Å². The van der Waals surface area contributed by atoms with E-state index in [1.165, 1.54) is 23.6 Å². The van der Waals surface area contributed by atoms with Gasteiger partial charge in [-0.05, 0) is 14.0 Å². The van der Waals surface area contributed by atoms with Crippen LogP contribution in [0.3, 0.4) is 0 Å². The van der Waals surface area contributed by atoms with Crippen molar-refractivity contribution in [1.29, 1.82) is 0 Å². The molecule has 0 saturated carbocycles. The highest BCUT2D eigenvalue weighted by molar-refractivity contribution is 8.00. The fraction of sp³-hybridized carbons (Fsp3) is 0.360. The molecule has 19 heteroatoms. The van der Waals surface area contributed by atoms with Gasteiger partial charge in [0.2, 0.25) is 6.10 Å². The number of nitrogens with one attached hydrogen (secondary N) is 3. The highest BCUT2D eigenvalue weighted by Crippen LogP contribution is 2.39. The number of nitrogen functional groups attached to an aromatic ring is 1. The van der Waals surface area contributed by atoms with Crippen LogP contribution in [0.2, 0.25) is 4.34 Å². The van der Waals surface area contributed by atoms with E-state index in [2.05, 4.69) is 25.8 Å². The first-order chi connectivity index (χ1) is 21.0. The average molecular weight is 665 g/mol. The summed E-state index contributed by atoms with van der Waals surface area (Å²) in [5, 5.41) is 17.8. The van der Waals surface area contributed by atoms with Crippen molar-refractivity contribution in [2.45, 2.75) is 37.5 Å². The number of thioether (sulfide) groups is 1. The number of likely N-dealkylation sites (N-methyl/N-ethyl adjacent to an activating group) is 1. The van der Waals surface area contributed by atoms with Gasteiger partial charge in [0.05, 0.1) is 11.2 Å². The van der Waals surface area contributed by atoms with Gasteiger partial charge in [0.15, 0.2) is 36.1 Å². The van der Waals surface area contributed by atoms with Crippen molar-refractivity contribution in [3.05, 3.63) is 50.2 Å². The Morgan fingerprint density at radius 2 is 2.20 bits per heavy atom. The Labute approximate surface area is 261 Å². The molecule has 0 radical (unpaired) electrons. The van der Waals surface area contributed by atoms with Crippen molar-refractivity contribution in [3.63, 3.8) is 0 Å². The molecule has 5 heterocycles. The number of H-pyrrole nitrogens is 1. The minimum absolute atomic E-state index is 0.0155. The number of rotatable bonds is 12. The Morgan fingerprint density at radius 1 is 1.43 bits per heavy atom. The van der Waals surface area contributed by atoms with Gasteiger partial charge in [-0.2, -0.15) is 4.57 Å². The van der Waals surface area contributed by atoms with Crippen molar-refractivity contribution in [3.8, 4) is 0 Å². The fourth-order valence-corrected chi connectivity index (χ4v) is 6.96. The molecule has 1 fully saturated rings. The van der Waals surface area contributed by atoms with Crippen LogP contribution in [0.15, 0.2) is 39.7 Å². The normalized spacial score (nSPS) is 19.0. The number of fused-ring (bicyclic) bond motifs is 2. The number of aldehydes is 1. The number of thiazole rings is 1. The number of oxime groups is 1. The number of nitrogens with two attached hydrogens (primary N) is 1. The largest absolute Gasteiger partial charge is 0.478 e. The van der Waals surface area contributed by atoms with Crippen LogP contribution < -0.4 is 26.6 Å². The summed E-state index contributed by atoms with van der Waals surface area (Å²) >= 11 is 8.39. The molecule has 5 rings (SSSR count). The number of carboxylic acids is 1. The molecular weight excluding hydrogens is 638 g/mol. The third-order valence-electron chi connectivity index (χ3n) is 6.91. The van der Waals surface area contributed by atoms with E-state index in [4.69, 9.17) is 27.3 Å². The summed E-state index contributed by atoms with van der Waals surface area (Å²) in [6.45, 7) is 2.62. The third kappa shape index (κ3) is 5.92. The Kier molecular flexibility index (Phi) is 9.05. The molecule has 0 bridgehead atoms. The van der Waals surface area contributed by atoms with Crippen molar-refractivity contribution in [1.82, 2.24) is 30.1 Å². The van der Waals surface area contributed by atoms with Crippen LogP contribution >= 0.6 is 34.7 Å². The predicted molar refractivity (Wildman–Crippen MR) is 161 cm³/mol. The predicted octanol–water partition coefficient (Wildman–Crippen LogP) is -0.724. The molecule has 1 saturated heterocycles. The van der Waals surface area contributed by atoms with Gasteiger partial charge in [-0.25, -0.2) is 14.6 Å². The molecule has 3 atom stereocenters. The molecule has 2 unspecified atom stereocenters. The lowest BCUT2D eigenvalue weighted by Gasteiger charge is -2.49. The number of pyridine rings is 1. The number of aromatic amines is 1. The van der Waals surface area contributed by atoms with E-state index < -0.39 is 41.0 Å². The minimum Gasteiger partial charge on any atom is -0.478 e. The summed E-state index contributed by atoms with van der Waals surface area (Å²) in [5.74, 6) is -2.35. The summed E-state index contributed by atoms with van der Waals surface area (Å²) < 4.78 is 3.46. The zero-order valence-electron chi connectivity index (χ0n) is 23.3. The molecule has 44 heavy (non-hydrogen) atoms. The molecular formula is C25H27ClN9O7S2+. The number of imidazole rings is 1. The van der Waals surface area contributed by atoms with Crippen molar-refractivity contribution in [2.24, 2.45) is 5.16 Å². The third-order valence-corrected chi connectivity index (χ3v) is 9.34. The monoisotopic (exact) mass is 664 g/mol. The first-order valence-corrected chi connectivity index (χ1v) is 15.4. The van der Waals surface area contributed by atoms with E-state index in [0.29, 0.717) is 36.2 Å². The molecule has 2 aliphatic rings. The summed E-state index contributed by atoms with van der Waals surface area (Å²) in [6, 6.07) is 0.790. The maximum atomic E-state index is 13.3. The molecule has 0 aliphatic carbocycles. The van der Waals surface area contributed by atoms with Gasteiger partial charge in [0, 0.05) is 30.5 Å². The number of aliphatic carboxylic acids is 1. The number of nitrogens with zero attached hydrogens (tertiary/aromatic N) is 5. The van der Waals surface area contributed by atoms with E-state index >= 15 is 0 Å². The maximum Gasteiger partial charge on any atom is 0.347 e. The molecule has 16 nitrogen and oxygen atoms in total. The summed E-state index contributed by atoms with van der Waals surface area (Å²) in [6.07, 6.45) is 2.78. The van der Waals surface area contributed by atoms with Gasteiger partial charge in [-0.15, -0.1) is 11.8 Å². The highest BCUT2D eigenvalue weighted by atomic mass is 35.5. The van der Waals surface area contributed by atoms with Gasteiger partial charge >= 0.3 is 11.7 Å². The molecule has 0 aromatic carbocycles. The molecule has 2 amide bonds. The van der Waals surface area contributed by atoms with Gasteiger partial charge in [-0.3, -0.25) is 23.9 Å². The number of carbonyl (C=O) groups excluding carboxylic acids is 3. The van der Waals surface area contributed by atoms with Gasteiger partial charge < -0.3 is 31.3 Å². The first-order valence-electron chi connectivity index (χ1n) is 13.1. The number of halogens is 1. The van der Waals surface area contributed by atoms with E-state index in [1.54, 1.807) is 24.0 Å². The molecule has 6 N–H and O–H groups in total. The number of aromatic nitrogens is 4. The first kappa shape index (κ1) is 31.2. The fourth-order valence-electron chi connectivity index (χ4n) is 4.68. The van der Waals surface area contributed by atoms with Crippen molar-refractivity contribution < 1.29 is 33.7 Å². The van der Waals surface area contributed by atoms with E-state index in [1.807, 2.05) is 10.6 Å². The second-order valence-electron chi connectivity index (χ2n) is 9.77. The number of hydrogen-bond acceptors (Lipinski definition) is 12. The lowest BCUT2D eigenvalue weighted by molar-refractivity contribution is -0.687. The zero-order chi connectivity index (χ0) is 31.7. The summed E-state index contributed by atoms with van der Waals surface area (Å²) in [7, 11) is 1.80. The summed E-state index contributed by atoms with van der Waals surface area (Å²) in [5.41, 5.74) is 7.13. The smallest absolute Gasteiger partial charge is 0.347 e. The SMILES string of the molecule is CNCCn1c(=O)[nH]c2c[n+](CC3=C(C=O)N4C(=O)C(NC(=O)/C(=N\O[C@@H](C)C(=O)O)c5nc(N)sc5Cl)C4SC3)ccc21. The average Bonchev–Trinajstić information content (AvgIpc) is 3.49. The number of hydrogen-bond donors (Lipinski definition) is 5. The van der Waals surface area contributed by atoms with Crippen LogP contribution in [0.1, 0.15) is 12.6 Å². The number of anilines is 1. The maximum absolute atomic E-state index is 13.3. The Balaban J connectivity index is 1.33. The van der Waals surface area contributed by atoms with Gasteiger partial charge in [0.1, 0.15) is 27.0 Å².